The van der Waals surface area contributed by atoms with E-state index in [1.165, 1.54) is 0 Å². The summed E-state index contributed by atoms with van der Waals surface area (Å²) < 4.78 is 11.6. The van der Waals surface area contributed by atoms with E-state index >= 15 is 0 Å². The molecule has 30 heavy (non-hydrogen) atoms. The molecule has 0 bridgehead atoms. The molecule has 7 heteroatoms. The Labute approximate surface area is 175 Å². The Morgan fingerprint density at radius 2 is 1.83 bits per heavy atom. The Morgan fingerprint density at radius 1 is 1.10 bits per heavy atom. The van der Waals surface area contributed by atoms with Crippen LogP contribution in [0.2, 0.25) is 0 Å². The van der Waals surface area contributed by atoms with Crippen molar-refractivity contribution in [2.75, 3.05) is 25.2 Å². The normalized spacial score (nSPS) is 13.4. The summed E-state index contributed by atoms with van der Waals surface area (Å²) in [5.41, 5.74) is 3.68. The number of carboxylic acid groups (broad SMARTS) is 1. The number of aryl methyl sites for hydroxylation is 1. The number of carboxylic acids is 1. The zero-order valence-electron chi connectivity index (χ0n) is 17.6. The van der Waals surface area contributed by atoms with Crippen LogP contribution in [0.4, 0.5) is 5.82 Å². The SMILES string of the molecule is Cc1c(C(=O)O)ccc2nc(-c3ccc4c(c3)OCCCO4)c(N(C)C(C)C)nc12. The first-order chi connectivity index (χ1) is 14.4. The van der Waals surface area contributed by atoms with E-state index in [1.807, 2.05) is 30.1 Å². The Bertz CT molecular complexity index is 1130. The molecule has 1 aromatic heterocycles. The van der Waals surface area contributed by atoms with E-state index in [0.29, 0.717) is 41.4 Å². The molecule has 156 valence electrons. The van der Waals surface area contributed by atoms with Gasteiger partial charge in [-0.05, 0) is 56.7 Å². The van der Waals surface area contributed by atoms with Crippen molar-refractivity contribution >= 4 is 22.8 Å². The summed E-state index contributed by atoms with van der Waals surface area (Å²) >= 11 is 0. The van der Waals surface area contributed by atoms with E-state index in [2.05, 4.69) is 13.8 Å². The second kappa shape index (κ2) is 7.82. The number of anilines is 1. The molecule has 0 atom stereocenters. The molecule has 0 saturated heterocycles. The lowest BCUT2D eigenvalue weighted by molar-refractivity contribution is 0.0696. The Hall–Kier alpha value is -3.35. The minimum atomic E-state index is -0.970. The fourth-order valence-electron chi connectivity index (χ4n) is 3.47. The van der Waals surface area contributed by atoms with Gasteiger partial charge in [-0.1, -0.05) is 0 Å². The Morgan fingerprint density at radius 3 is 2.53 bits per heavy atom. The van der Waals surface area contributed by atoms with Crippen molar-refractivity contribution in [1.82, 2.24) is 9.97 Å². The number of hydrogen-bond donors (Lipinski definition) is 1. The summed E-state index contributed by atoms with van der Waals surface area (Å²) in [5.74, 6) is 1.15. The van der Waals surface area contributed by atoms with E-state index in [1.54, 1.807) is 19.1 Å². The first-order valence-corrected chi connectivity index (χ1v) is 10.0. The average Bonchev–Trinajstić information content (AvgIpc) is 2.97. The van der Waals surface area contributed by atoms with Crippen molar-refractivity contribution < 1.29 is 19.4 Å². The third kappa shape index (κ3) is 3.51. The number of rotatable bonds is 4. The van der Waals surface area contributed by atoms with Crippen LogP contribution < -0.4 is 14.4 Å². The predicted molar refractivity (Wildman–Crippen MR) is 116 cm³/mol. The highest BCUT2D eigenvalue weighted by Crippen LogP contribution is 2.37. The molecule has 0 aliphatic carbocycles. The molecule has 2 aromatic carbocycles. The molecule has 0 spiro atoms. The van der Waals surface area contributed by atoms with Gasteiger partial charge in [-0.3, -0.25) is 0 Å². The van der Waals surface area contributed by atoms with E-state index in [4.69, 9.17) is 19.4 Å². The fourth-order valence-corrected chi connectivity index (χ4v) is 3.47. The molecule has 1 aliphatic rings. The van der Waals surface area contributed by atoms with Gasteiger partial charge in [-0.15, -0.1) is 0 Å². The minimum absolute atomic E-state index is 0.180. The molecule has 0 fully saturated rings. The van der Waals surface area contributed by atoms with Gasteiger partial charge in [-0.2, -0.15) is 0 Å². The second-order valence-corrected chi connectivity index (χ2v) is 7.72. The van der Waals surface area contributed by atoms with Gasteiger partial charge in [0.2, 0.25) is 0 Å². The maximum Gasteiger partial charge on any atom is 0.336 e. The van der Waals surface area contributed by atoms with E-state index in [-0.39, 0.29) is 11.6 Å². The number of benzene rings is 2. The Balaban J connectivity index is 1.94. The van der Waals surface area contributed by atoms with E-state index < -0.39 is 5.97 Å². The molecule has 4 rings (SSSR count). The third-order valence-corrected chi connectivity index (χ3v) is 5.43. The molecule has 0 saturated carbocycles. The molecule has 2 heterocycles. The van der Waals surface area contributed by atoms with Crippen LogP contribution in [0.3, 0.4) is 0 Å². The van der Waals surface area contributed by atoms with Crippen LogP contribution in [0.1, 0.15) is 36.2 Å². The lowest BCUT2D eigenvalue weighted by Gasteiger charge is -2.25. The van der Waals surface area contributed by atoms with Crippen LogP contribution in [0, 0.1) is 6.92 Å². The highest BCUT2D eigenvalue weighted by atomic mass is 16.5. The maximum atomic E-state index is 11.6. The van der Waals surface area contributed by atoms with Crippen molar-refractivity contribution in [2.45, 2.75) is 33.2 Å². The lowest BCUT2D eigenvalue weighted by atomic mass is 10.1. The third-order valence-electron chi connectivity index (χ3n) is 5.43. The number of nitrogens with zero attached hydrogens (tertiary/aromatic N) is 3. The molecule has 0 radical (unpaired) electrons. The van der Waals surface area contributed by atoms with Gasteiger partial charge in [0.1, 0.15) is 5.69 Å². The molecular formula is C23H25N3O4. The molecule has 7 nitrogen and oxygen atoms in total. The Kier molecular flexibility index (Phi) is 5.20. The summed E-state index contributed by atoms with van der Waals surface area (Å²) in [7, 11) is 1.96. The fraction of sp³-hybridized carbons (Fsp3) is 0.348. The predicted octanol–water partition coefficient (Wildman–Crippen LogP) is 4.31. The number of carbonyl (C=O) groups is 1. The van der Waals surface area contributed by atoms with Crippen molar-refractivity contribution in [3.63, 3.8) is 0 Å². The monoisotopic (exact) mass is 407 g/mol. The van der Waals surface area contributed by atoms with Crippen LogP contribution in [0.25, 0.3) is 22.3 Å². The zero-order chi connectivity index (χ0) is 21.4. The summed E-state index contributed by atoms with van der Waals surface area (Å²) in [5, 5.41) is 9.48. The molecule has 3 aromatic rings. The van der Waals surface area contributed by atoms with E-state index in [0.717, 1.165) is 23.4 Å². The topological polar surface area (TPSA) is 84.8 Å². The summed E-state index contributed by atoms with van der Waals surface area (Å²) in [4.78, 5) is 23.4. The zero-order valence-corrected chi connectivity index (χ0v) is 17.6. The van der Waals surface area contributed by atoms with Crippen molar-refractivity contribution in [1.29, 1.82) is 0 Å². The standard InChI is InChI=1S/C23H25N3O4/c1-13(2)26(4)22-21(15-6-9-18-19(12-15)30-11-5-10-29-18)24-17-8-7-16(23(27)28)14(3)20(17)25-22/h6-9,12-13H,5,10-11H2,1-4H3,(H,27,28). The quantitative estimate of drug-likeness (QED) is 0.690. The van der Waals surface area contributed by atoms with Crippen LogP contribution >= 0.6 is 0 Å². The van der Waals surface area contributed by atoms with Crippen molar-refractivity contribution in [3.05, 3.63) is 41.5 Å². The van der Waals surface area contributed by atoms with Gasteiger partial charge >= 0.3 is 5.97 Å². The molecular weight excluding hydrogens is 382 g/mol. The van der Waals surface area contributed by atoms with Crippen LogP contribution in [-0.4, -0.2) is 47.3 Å². The summed E-state index contributed by atoms with van der Waals surface area (Å²) in [6, 6.07) is 9.27. The number of ether oxygens (including phenoxy) is 2. The number of fused-ring (bicyclic) bond motifs is 2. The van der Waals surface area contributed by atoms with Gasteiger partial charge < -0.3 is 19.5 Å². The summed E-state index contributed by atoms with van der Waals surface area (Å²) in [6.45, 7) is 7.16. The second-order valence-electron chi connectivity index (χ2n) is 7.72. The molecule has 1 aliphatic heterocycles. The van der Waals surface area contributed by atoms with E-state index in [9.17, 15) is 9.90 Å². The smallest absolute Gasteiger partial charge is 0.336 e. The average molecular weight is 407 g/mol. The molecule has 0 unspecified atom stereocenters. The largest absolute Gasteiger partial charge is 0.490 e. The van der Waals surface area contributed by atoms with Gasteiger partial charge in [0.15, 0.2) is 17.3 Å². The first-order valence-electron chi connectivity index (χ1n) is 10.0. The van der Waals surface area contributed by atoms with Gasteiger partial charge in [0.25, 0.3) is 0 Å². The number of aromatic nitrogens is 2. The van der Waals surface area contributed by atoms with Crippen molar-refractivity contribution in [2.24, 2.45) is 0 Å². The molecule has 0 amide bonds. The van der Waals surface area contributed by atoms with Crippen LogP contribution in [-0.2, 0) is 0 Å². The highest BCUT2D eigenvalue weighted by Gasteiger charge is 2.21. The summed E-state index contributed by atoms with van der Waals surface area (Å²) in [6.07, 6.45) is 0.840. The lowest BCUT2D eigenvalue weighted by Crippen LogP contribution is -2.27. The van der Waals surface area contributed by atoms with Gasteiger partial charge in [0.05, 0.1) is 29.8 Å². The van der Waals surface area contributed by atoms with Gasteiger partial charge in [-0.25, -0.2) is 14.8 Å². The molecule has 1 N–H and O–H groups in total. The minimum Gasteiger partial charge on any atom is -0.490 e. The number of hydrogen-bond acceptors (Lipinski definition) is 6. The first kappa shape index (κ1) is 19.9. The highest BCUT2D eigenvalue weighted by molar-refractivity contribution is 5.96. The van der Waals surface area contributed by atoms with Crippen LogP contribution in [0.15, 0.2) is 30.3 Å². The van der Waals surface area contributed by atoms with Crippen LogP contribution in [0.5, 0.6) is 11.5 Å². The van der Waals surface area contributed by atoms with Gasteiger partial charge in [0, 0.05) is 25.1 Å². The maximum absolute atomic E-state index is 11.6. The van der Waals surface area contributed by atoms with Crippen molar-refractivity contribution in [3.8, 4) is 22.8 Å². The number of aromatic carboxylic acids is 1.